The van der Waals surface area contributed by atoms with Crippen LogP contribution in [0, 0.1) is 11.8 Å². The van der Waals surface area contributed by atoms with Gasteiger partial charge in [-0.25, -0.2) is 24.0 Å². The van der Waals surface area contributed by atoms with Crippen LogP contribution in [-0.4, -0.2) is 19.9 Å². The van der Waals surface area contributed by atoms with Gasteiger partial charge in [0, 0.05) is 12.7 Å². The standard InChI is InChI=1S/C13H22N4O2S/c1-10-5-2-3-6-11(10)9-16-20(18,19)12-7-4-8-15-13(12)17-14/h4,7-8,10-11,16H,2-3,5-6,9,14H2,1H3,(H,15,17). The highest BCUT2D eigenvalue weighted by molar-refractivity contribution is 7.89. The third-order valence-electron chi connectivity index (χ3n) is 4.02. The van der Waals surface area contributed by atoms with Crippen LogP contribution in [0.3, 0.4) is 0 Å². The molecule has 0 saturated heterocycles. The molecule has 0 aliphatic heterocycles. The summed E-state index contributed by atoms with van der Waals surface area (Å²) in [4.78, 5) is 4.01. The van der Waals surface area contributed by atoms with Gasteiger partial charge < -0.3 is 5.43 Å². The van der Waals surface area contributed by atoms with Crippen molar-refractivity contribution >= 4 is 15.8 Å². The van der Waals surface area contributed by atoms with Gasteiger partial charge in [-0.2, -0.15) is 0 Å². The van der Waals surface area contributed by atoms with Gasteiger partial charge in [0.05, 0.1) is 0 Å². The van der Waals surface area contributed by atoms with Crippen LogP contribution in [0.4, 0.5) is 5.82 Å². The van der Waals surface area contributed by atoms with Gasteiger partial charge in [0.25, 0.3) is 0 Å². The quantitative estimate of drug-likeness (QED) is 0.565. The van der Waals surface area contributed by atoms with Crippen molar-refractivity contribution in [1.82, 2.24) is 9.71 Å². The molecule has 2 rings (SSSR count). The average molecular weight is 298 g/mol. The predicted octanol–water partition coefficient (Wildman–Crippen LogP) is 1.47. The summed E-state index contributed by atoms with van der Waals surface area (Å²) in [5.74, 6) is 6.44. The van der Waals surface area contributed by atoms with E-state index in [2.05, 4.69) is 22.1 Å². The van der Waals surface area contributed by atoms with Crippen molar-refractivity contribution in [1.29, 1.82) is 0 Å². The summed E-state index contributed by atoms with van der Waals surface area (Å²) in [6.07, 6.45) is 6.18. The molecular formula is C13H22N4O2S. The minimum atomic E-state index is -3.58. The van der Waals surface area contributed by atoms with Gasteiger partial charge >= 0.3 is 0 Å². The number of sulfonamides is 1. The number of nitrogens with zero attached hydrogens (tertiary/aromatic N) is 1. The van der Waals surface area contributed by atoms with Gasteiger partial charge in [0.1, 0.15) is 4.90 Å². The molecule has 0 spiro atoms. The molecule has 20 heavy (non-hydrogen) atoms. The maximum atomic E-state index is 12.3. The first-order chi connectivity index (χ1) is 9.54. The zero-order valence-electron chi connectivity index (χ0n) is 11.7. The predicted molar refractivity (Wildman–Crippen MR) is 78.4 cm³/mol. The third-order valence-corrected chi connectivity index (χ3v) is 5.48. The Labute approximate surface area is 120 Å². The average Bonchev–Trinajstić information content (AvgIpc) is 2.46. The summed E-state index contributed by atoms with van der Waals surface area (Å²) in [6, 6.07) is 3.08. The van der Waals surface area contributed by atoms with Crippen LogP contribution in [-0.2, 0) is 10.0 Å². The molecule has 1 aliphatic carbocycles. The Kier molecular flexibility index (Phi) is 4.95. The fraction of sp³-hybridized carbons (Fsp3) is 0.615. The first-order valence-corrected chi connectivity index (χ1v) is 8.44. The van der Waals surface area contributed by atoms with E-state index in [1.807, 2.05) is 0 Å². The zero-order chi connectivity index (χ0) is 14.6. The van der Waals surface area contributed by atoms with Crippen LogP contribution in [0.5, 0.6) is 0 Å². The molecule has 1 fully saturated rings. The molecule has 1 aliphatic rings. The first kappa shape index (κ1) is 15.2. The van der Waals surface area contributed by atoms with E-state index in [-0.39, 0.29) is 10.7 Å². The molecule has 0 aromatic carbocycles. The Balaban J connectivity index is 2.07. The molecule has 1 heterocycles. The molecule has 112 valence electrons. The maximum Gasteiger partial charge on any atom is 0.244 e. The minimum absolute atomic E-state index is 0.0889. The molecule has 0 bridgehead atoms. The lowest BCUT2D eigenvalue weighted by molar-refractivity contribution is 0.257. The van der Waals surface area contributed by atoms with Crippen molar-refractivity contribution < 1.29 is 8.42 Å². The molecule has 4 N–H and O–H groups in total. The minimum Gasteiger partial charge on any atom is -0.307 e. The van der Waals surface area contributed by atoms with E-state index < -0.39 is 10.0 Å². The summed E-state index contributed by atoms with van der Waals surface area (Å²) in [5.41, 5.74) is 2.32. The monoisotopic (exact) mass is 298 g/mol. The summed E-state index contributed by atoms with van der Waals surface area (Å²) in [7, 11) is -3.58. The lowest BCUT2D eigenvalue weighted by atomic mass is 9.81. The van der Waals surface area contributed by atoms with Gasteiger partial charge in [0.2, 0.25) is 10.0 Å². The van der Waals surface area contributed by atoms with E-state index in [4.69, 9.17) is 5.84 Å². The van der Waals surface area contributed by atoms with Gasteiger partial charge in [0.15, 0.2) is 5.82 Å². The molecule has 0 radical (unpaired) electrons. The molecule has 2 atom stereocenters. The Bertz CT molecular complexity index is 547. The smallest absolute Gasteiger partial charge is 0.244 e. The van der Waals surface area contributed by atoms with Crippen LogP contribution in [0.1, 0.15) is 32.6 Å². The Morgan fingerprint density at radius 3 is 2.85 bits per heavy atom. The van der Waals surface area contributed by atoms with Crippen LogP contribution < -0.4 is 16.0 Å². The van der Waals surface area contributed by atoms with Gasteiger partial charge in [-0.1, -0.05) is 26.2 Å². The van der Waals surface area contributed by atoms with Crippen molar-refractivity contribution in [3.8, 4) is 0 Å². The molecule has 6 nitrogen and oxygen atoms in total. The largest absolute Gasteiger partial charge is 0.307 e. The highest BCUT2D eigenvalue weighted by atomic mass is 32.2. The van der Waals surface area contributed by atoms with E-state index in [9.17, 15) is 8.42 Å². The summed E-state index contributed by atoms with van der Waals surface area (Å²) < 4.78 is 27.3. The molecule has 0 amide bonds. The third kappa shape index (κ3) is 3.47. The molecule has 1 saturated carbocycles. The van der Waals surface area contributed by atoms with Crippen LogP contribution in [0.15, 0.2) is 23.2 Å². The number of hydrogen-bond acceptors (Lipinski definition) is 5. The fourth-order valence-corrected chi connectivity index (χ4v) is 3.92. The topological polar surface area (TPSA) is 97.1 Å². The number of rotatable bonds is 5. The Hall–Kier alpha value is -1.18. The highest BCUT2D eigenvalue weighted by Gasteiger charge is 2.25. The lowest BCUT2D eigenvalue weighted by Crippen LogP contribution is -2.34. The van der Waals surface area contributed by atoms with E-state index in [0.717, 1.165) is 6.42 Å². The van der Waals surface area contributed by atoms with Crippen molar-refractivity contribution in [2.45, 2.75) is 37.5 Å². The van der Waals surface area contributed by atoms with E-state index in [1.165, 1.54) is 31.5 Å². The second-order valence-corrected chi connectivity index (χ2v) is 7.10. The molecule has 7 heteroatoms. The number of aromatic nitrogens is 1. The summed E-state index contributed by atoms with van der Waals surface area (Å²) in [5, 5.41) is 0. The maximum absolute atomic E-state index is 12.3. The van der Waals surface area contributed by atoms with Crippen LogP contribution in [0.25, 0.3) is 0 Å². The number of hydrazine groups is 1. The number of anilines is 1. The number of nitrogens with one attached hydrogen (secondary N) is 2. The van der Waals surface area contributed by atoms with Crippen molar-refractivity contribution in [3.05, 3.63) is 18.3 Å². The number of nitrogens with two attached hydrogens (primary N) is 1. The lowest BCUT2D eigenvalue weighted by Gasteiger charge is -2.28. The molecule has 1 aromatic rings. The second-order valence-electron chi connectivity index (χ2n) is 5.37. The van der Waals surface area contributed by atoms with Crippen molar-refractivity contribution in [2.75, 3.05) is 12.0 Å². The van der Waals surface area contributed by atoms with E-state index in [1.54, 1.807) is 6.07 Å². The second kappa shape index (κ2) is 6.51. The highest BCUT2D eigenvalue weighted by Crippen LogP contribution is 2.29. The SMILES string of the molecule is CC1CCCCC1CNS(=O)(=O)c1cccnc1NN. The van der Waals surface area contributed by atoms with Gasteiger partial charge in [-0.15, -0.1) is 0 Å². The number of nitrogen functional groups attached to an aromatic ring is 1. The molecule has 1 aromatic heterocycles. The summed E-state index contributed by atoms with van der Waals surface area (Å²) in [6.45, 7) is 2.66. The first-order valence-electron chi connectivity index (χ1n) is 6.96. The number of hydrogen-bond donors (Lipinski definition) is 3. The van der Waals surface area contributed by atoms with Crippen LogP contribution in [0.2, 0.25) is 0 Å². The number of pyridine rings is 1. The van der Waals surface area contributed by atoms with E-state index >= 15 is 0 Å². The zero-order valence-corrected chi connectivity index (χ0v) is 12.5. The van der Waals surface area contributed by atoms with Crippen LogP contribution >= 0.6 is 0 Å². The van der Waals surface area contributed by atoms with E-state index in [0.29, 0.717) is 18.4 Å². The Morgan fingerprint density at radius 1 is 1.40 bits per heavy atom. The van der Waals surface area contributed by atoms with Crippen molar-refractivity contribution in [2.24, 2.45) is 17.7 Å². The fourth-order valence-electron chi connectivity index (χ4n) is 2.71. The van der Waals surface area contributed by atoms with Gasteiger partial charge in [-0.05, 0) is 30.4 Å². The Morgan fingerprint density at radius 2 is 2.15 bits per heavy atom. The van der Waals surface area contributed by atoms with Gasteiger partial charge in [-0.3, -0.25) is 0 Å². The molecular weight excluding hydrogens is 276 g/mol. The molecule has 2 unspecified atom stereocenters. The summed E-state index contributed by atoms with van der Waals surface area (Å²) >= 11 is 0. The van der Waals surface area contributed by atoms with Crippen molar-refractivity contribution in [3.63, 3.8) is 0 Å². The normalized spacial score (nSPS) is 23.5.